The molecule has 1 aromatic rings. The van der Waals surface area contributed by atoms with E-state index in [0.717, 1.165) is 19.3 Å². The van der Waals surface area contributed by atoms with Crippen LogP contribution in [0.2, 0.25) is 0 Å². The molecule has 2 N–H and O–H groups in total. The van der Waals surface area contributed by atoms with E-state index in [9.17, 15) is 9.18 Å². The van der Waals surface area contributed by atoms with E-state index in [-0.39, 0.29) is 17.5 Å². The molecule has 0 bridgehead atoms. The minimum absolute atomic E-state index is 0.184. The average molecular weight is 264 g/mol. The molecule has 4 heteroatoms. The number of hydrogen-bond donors (Lipinski definition) is 1. The lowest BCUT2D eigenvalue weighted by Crippen LogP contribution is -2.40. The summed E-state index contributed by atoms with van der Waals surface area (Å²) in [6.07, 6.45) is 4.39. The summed E-state index contributed by atoms with van der Waals surface area (Å²) in [6, 6.07) is 4.17. The fourth-order valence-corrected chi connectivity index (χ4v) is 2.82. The molecule has 2 atom stereocenters. The monoisotopic (exact) mass is 264 g/mol. The second kappa shape index (κ2) is 5.59. The van der Waals surface area contributed by atoms with Crippen LogP contribution < -0.4 is 5.73 Å². The Morgan fingerprint density at radius 2 is 2.16 bits per heavy atom. The normalized spacial score (nSPS) is 23.1. The van der Waals surface area contributed by atoms with E-state index in [1.165, 1.54) is 24.6 Å². The summed E-state index contributed by atoms with van der Waals surface area (Å²) in [4.78, 5) is 14.1. The maximum atomic E-state index is 13.2. The molecule has 104 valence electrons. The summed E-state index contributed by atoms with van der Waals surface area (Å²) >= 11 is 0. The van der Waals surface area contributed by atoms with Crippen molar-refractivity contribution in [3.05, 3.63) is 29.6 Å². The van der Waals surface area contributed by atoms with Gasteiger partial charge in [-0.2, -0.15) is 0 Å². The zero-order valence-corrected chi connectivity index (χ0v) is 11.5. The molecule has 0 spiro atoms. The molecule has 0 heterocycles. The van der Waals surface area contributed by atoms with Crippen LogP contribution in [0.5, 0.6) is 0 Å². The molecule has 0 aromatic heterocycles. The summed E-state index contributed by atoms with van der Waals surface area (Å²) in [6.45, 7) is 2.21. The molecule has 3 nitrogen and oxygen atoms in total. The van der Waals surface area contributed by atoms with E-state index >= 15 is 0 Å². The maximum Gasteiger partial charge on any atom is 0.256 e. The van der Waals surface area contributed by atoms with Gasteiger partial charge in [0.2, 0.25) is 0 Å². The number of benzene rings is 1. The molecule has 1 aliphatic rings. The van der Waals surface area contributed by atoms with Gasteiger partial charge in [0.15, 0.2) is 0 Å². The number of rotatable bonds is 2. The van der Waals surface area contributed by atoms with Gasteiger partial charge in [-0.05, 0) is 37.0 Å². The van der Waals surface area contributed by atoms with Crippen LogP contribution in [0.1, 0.15) is 43.0 Å². The fourth-order valence-electron chi connectivity index (χ4n) is 2.82. The van der Waals surface area contributed by atoms with Crippen LogP contribution in [-0.4, -0.2) is 23.9 Å². The van der Waals surface area contributed by atoms with Crippen LogP contribution in [0.15, 0.2) is 18.2 Å². The van der Waals surface area contributed by atoms with Crippen molar-refractivity contribution < 1.29 is 9.18 Å². The highest BCUT2D eigenvalue weighted by Crippen LogP contribution is 2.28. The lowest BCUT2D eigenvalue weighted by Gasteiger charge is -2.34. The van der Waals surface area contributed by atoms with Gasteiger partial charge in [-0.3, -0.25) is 4.79 Å². The van der Waals surface area contributed by atoms with Crippen molar-refractivity contribution >= 4 is 11.6 Å². The van der Waals surface area contributed by atoms with Gasteiger partial charge in [0, 0.05) is 18.8 Å². The van der Waals surface area contributed by atoms with E-state index in [1.807, 2.05) is 0 Å². The van der Waals surface area contributed by atoms with E-state index < -0.39 is 5.82 Å². The zero-order chi connectivity index (χ0) is 14.0. The largest absolute Gasteiger partial charge is 0.398 e. The van der Waals surface area contributed by atoms with E-state index in [0.29, 0.717) is 11.6 Å². The third kappa shape index (κ3) is 3.06. The number of amides is 1. The highest BCUT2D eigenvalue weighted by atomic mass is 19.1. The Kier molecular flexibility index (Phi) is 4.08. The molecular formula is C15H21FN2O. The molecule has 0 aliphatic heterocycles. The number of nitrogens with two attached hydrogens (primary N) is 1. The van der Waals surface area contributed by atoms with E-state index in [4.69, 9.17) is 5.73 Å². The smallest absolute Gasteiger partial charge is 0.256 e. The summed E-state index contributed by atoms with van der Waals surface area (Å²) in [7, 11) is 1.79. The van der Waals surface area contributed by atoms with E-state index in [1.54, 1.807) is 11.9 Å². The maximum absolute atomic E-state index is 13.2. The Labute approximate surface area is 113 Å². The molecule has 1 aliphatic carbocycles. The van der Waals surface area contributed by atoms with Crippen LogP contribution >= 0.6 is 0 Å². The number of anilines is 1. The summed E-state index contributed by atoms with van der Waals surface area (Å²) in [5.41, 5.74) is 6.37. The SMILES string of the molecule is CC1CCCC(N(C)C(=O)c2cc(F)ccc2N)C1. The van der Waals surface area contributed by atoms with Crippen LogP contribution in [0.25, 0.3) is 0 Å². The lowest BCUT2D eigenvalue weighted by molar-refractivity contribution is 0.0673. The minimum Gasteiger partial charge on any atom is -0.398 e. The first-order chi connectivity index (χ1) is 8.99. The van der Waals surface area contributed by atoms with Gasteiger partial charge in [0.1, 0.15) is 5.82 Å². The van der Waals surface area contributed by atoms with Gasteiger partial charge >= 0.3 is 0 Å². The van der Waals surface area contributed by atoms with Crippen molar-refractivity contribution in [1.82, 2.24) is 4.90 Å². The standard InChI is InChI=1S/C15H21FN2O/c1-10-4-3-5-12(8-10)18(2)15(19)13-9-11(16)6-7-14(13)17/h6-7,9-10,12H,3-5,8,17H2,1-2H3. The Morgan fingerprint density at radius 3 is 2.84 bits per heavy atom. The van der Waals surface area contributed by atoms with Gasteiger partial charge in [-0.15, -0.1) is 0 Å². The molecule has 2 rings (SSSR count). The van der Waals surface area contributed by atoms with Gasteiger partial charge in [0.25, 0.3) is 5.91 Å². The predicted octanol–water partition coefficient (Wildman–Crippen LogP) is 3.06. The Morgan fingerprint density at radius 1 is 1.42 bits per heavy atom. The molecule has 1 amide bonds. The number of carbonyl (C=O) groups excluding carboxylic acids is 1. The second-order valence-corrected chi connectivity index (χ2v) is 5.57. The zero-order valence-electron chi connectivity index (χ0n) is 11.5. The van der Waals surface area contributed by atoms with Crippen molar-refractivity contribution in [2.45, 2.75) is 38.6 Å². The summed E-state index contributed by atoms with van der Waals surface area (Å²) < 4.78 is 13.2. The first-order valence-corrected chi connectivity index (χ1v) is 6.81. The number of carbonyl (C=O) groups is 1. The fraction of sp³-hybridized carbons (Fsp3) is 0.533. The highest BCUT2D eigenvalue weighted by Gasteiger charge is 2.27. The molecule has 1 aromatic carbocycles. The van der Waals surface area contributed by atoms with Gasteiger partial charge in [0.05, 0.1) is 5.56 Å². The third-order valence-corrected chi connectivity index (χ3v) is 4.02. The highest BCUT2D eigenvalue weighted by molar-refractivity contribution is 5.99. The van der Waals surface area contributed by atoms with Crippen molar-refractivity contribution in [3.63, 3.8) is 0 Å². The van der Waals surface area contributed by atoms with Crippen LogP contribution in [0, 0.1) is 11.7 Å². The Bertz CT molecular complexity index is 475. The van der Waals surface area contributed by atoms with Gasteiger partial charge < -0.3 is 10.6 Å². The van der Waals surface area contributed by atoms with Crippen molar-refractivity contribution in [2.75, 3.05) is 12.8 Å². The number of hydrogen-bond acceptors (Lipinski definition) is 2. The van der Waals surface area contributed by atoms with Crippen LogP contribution in [0.3, 0.4) is 0 Å². The first kappa shape index (κ1) is 13.8. The molecule has 1 saturated carbocycles. The van der Waals surface area contributed by atoms with Gasteiger partial charge in [-0.25, -0.2) is 4.39 Å². The molecule has 19 heavy (non-hydrogen) atoms. The van der Waals surface area contributed by atoms with Crippen molar-refractivity contribution in [2.24, 2.45) is 5.92 Å². The third-order valence-electron chi connectivity index (χ3n) is 4.02. The first-order valence-electron chi connectivity index (χ1n) is 6.81. The van der Waals surface area contributed by atoms with Crippen LogP contribution in [-0.2, 0) is 0 Å². The molecule has 2 unspecified atom stereocenters. The van der Waals surface area contributed by atoms with Crippen molar-refractivity contribution in [3.8, 4) is 0 Å². The average Bonchev–Trinajstić information content (AvgIpc) is 2.40. The number of nitrogens with zero attached hydrogens (tertiary/aromatic N) is 1. The predicted molar refractivity (Wildman–Crippen MR) is 74.3 cm³/mol. The summed E-state index contributed by atoms with van der Waals surface area (Å²) in [5, 5.41) is 0. The molecular weight excluding hydrogens is 243 g/mol. The van der Waals surface area contributed by atoms with Crippen molar-refractivity contribution in [1.29, 1.82) is 0 Å². The summed E-state index contributed by atoms with van der Waals surface area (Å²) in [5.74, 6) is 0.0259. The minimum atomic E-state index is -0.428. The van der Waals surface area contributed by atoms with Gasteiger partial charge in [-0.1, -0.05) is 19.8 Å². The second-order valence-electron chi connectivity index (χ2n) is 5.57. The lowest BCUT2D eigenvalue weighted by atomic mass is 9.86. The van der Waals surface area contributed by atoms with E-state index in [2.05, 4.69) is 6.92 Å². The van der Waals surface area contributed by atoms with Crippen LogP contribution in [0.4, 0.5) is 10.1 Å². The molecule has 0 radical (unpaired) electrons. The number of nitrogen functional groups attached to an aromatic ring is 1. The number of halogens is 1. The molecule has 0 saturated heterocycles. The Hall–Kier alpha value is -1.58. The molecule has 1 fully saturated rings. The quantitative estimate of drug-likeness (QED) is 0.834. The Balaban J connectivity index is 2.16. The topological polar surface area (TPSA) is 46.3 Å².